The lowest BCUT2D eigenvalue weighted by molar-refractivity contribution is -0.116. The average molecular weight is 245 g/mol. The number of hydrogen-bond acceptors (Lipinski definition) is 4. The van der Waals surface area contributed by atoms with Crippen LogP contribution in [0.4, 0.5) is 5.82 Å². The van der Waals surface area contributed by atoms with Crippen LogP contribution in [0.5, 0.6) is 0 Å². The number of nitrogens with one attached hydrogen (secondary N) is 1. The zero-order valence-corrected chi connectivity index (χ0v) is 9.38. The Kier molecular flexibility index (Phi) is 3.09. The molecule has 2 aromatic rings. The summed E-state index contributed by atoms with van der Waals surface area (Å²) in [5.74, 6) is -1.01. The number of rotatable bonds is 4. The molecule has 1 amide bonds. The lowest BCUT2D eigenvalue weighted by Crippen LogP contribution is -2.22. The quantitative estimate of drug-likeness (QED) is 0.739. The highest BCUT2D eigenvalue weighted by atomic mass is 16.4. The predicted octanol–water partition coefficient (Wildman–Crippen LogP) is 0.830. The van der Waals surface area contributed by atoms with Crippen molar-refractivity contribution in [3.63, 3.8) is 0 Å². The molecule has 0 bridgehead atoms. The summed E-state index contributed by atoms with van der Waals surface area (Å²) in [5, 5.41) is 12.3. The first kappa shape index (κ1) is 11.8. The van der Waals surface area contributed by atoms with Crippen molar-refractivity contribution in [3.05, 3.63) is 35.9 Å². The van der Waals surface area contributed by atoms with Gasteiger partial charge in [-0.1, -0.05) is 6.07 Å². The predicted molar refractivity (Wildman–Crippen MR) is 66.4 cm³/mol. The summed E-state index contributed by atoms with van der Waals surface area (Å²) in [4.78, 5) is 25.9. The maximum atomic E-state index is 11.0. The average Bonchev–Trinajstić information content (AvgIpc) is 2.35. The summed E-state index contributed by atoms with van der Waals surface area (Å²) in [7, 11) is 0. The molecule has 1 heterocycles. The van der Waals surface area contributed by atoms with E-state index in [1.54, 1.807) is 24.3 Å². The summed E-state index contributed by atoms with van der Waals surface area (Å²) in [6, 6.07) is 8.10. The molecule has 0 unspecified atom stereocenters. The van der Waals surface area contributed by atoms with Gasteiger partial charge < -0.3 is 16.2 Å². The van der Waals surface area contributed by atoms with Gasteiger partial charge in [0.15, 0.2) is 0 Å². The minimum Gasteiger partial charge on any atom is -0.478 e. The van der Waals surface area contributed by atoms with E-state index in [9.17, 15) is 9.59 Å². The zero-order chi connectivity index (χ0) is 13.1. The van der Waals surface area contributed by atoms with Crippen molar-refractivity contribution in [1.82, 2.24) is 4.98 Å². The molecule has 0 radical (unpaired) electrons. The fourth-order valence-electron chi connectivity index (χ4n) is 1.62. The number of anilines is 1. The number of hydrogen-bond donors (Lipinski definition) is 3. The molecule has 0 spiro atoms. The van der Waals surface area contributed by atoms with Crippen molar-refractivity contribution in [3.8, 4) is 0 Å². The maximum Gasteiger partial charge on any atom is 0.336 e. The number of carboxylic acid groups (broad SMARTS) is 1. The van der Waals surface area contributed by atoms with Crippen LogP contribution in [0.3, 0.4) is 0 Å². The van der Waals surface area contributed by atoms with E-state index in [4.69, 9.17) is 10.8 Å². The summed E-state index contributed by atoms with van der Waals surface area (Å²) in [6.45, 7) is -0.0167. The second kappa shape index (κ2) is 4.70. The van der Waals surface area contributed by atoms with Crippen LogP contribution in [0.25, 0.3) is 10.9 Å². The highest BCUT2D eigenvalue weighted by Crippen LogP contribution is 2.19. The normalized spacial score (nSPS) is 10.2. The number of nitrogens with two attached hydrogens (primary N) is 1. The van der Waals surface area contributed by atoms with Crippen LogP contribution in [0.15, 0.2) is 30.3 Å². The van der Waals surface area contributed by atoms with Gasteiger partial charge in [0.1, 0.15) is 5.82 Å². The van der Waals surface area contributed by atoms with Gasteiger partial charge in [0, 0.05) is 5.39 Å². The Morgan fingerprint density at radius 3 is 2.72 bits per heavy atom. The van der Waals surface area contributed by atoms with E-state index in [1.165, 1.54) is 6.07 Å². The van der Waals surface area contributed by atoms with Crippen molar-refractivity contribution in [2.24, 2.45) is 5.73 Å². The fraction of sp³-hybridized carbons (Fsp3) is 0.0833. The van der Waals surface area contributed by atoms with E-state index in [-0.39, 0.29) is 12.1 Å². The van der Waals surface area contributed by atoms with Crippen LogP contribution < -0.4 is 11.1 Å². The zero-order valence-electron chi connectivity index (χ0n) is 9.38. The van der Waals surface area contributed by atoms with E-state index >= 15 is 0 Å². The number of aromatic nitrogens is 1. The first-order chi connectivity index (χ1) is 8.58. The Morgan fingerprint density at radius 2 is 2.06 bits per heavy atom. The first-order valence-electron chi connectivity index (χ1n) is 5.23. The van der Waals surface area contributed by atoms with Crippen LogP contribution in [-0.4, -0.2) is 28.5 Å². The molecule has 92 valence electrons. The molecule has 6 nitrogen and oxygen atoms in total. The van der Waals surface area contributed by atoms with Crippen LogP contribution in [0.1, 0.15) is 10.4 Å². The smallest absolute Gasteiger partial charge is 0.336 e. The fourth-order valence-corrected chi connectivity index (χ4v) is 1.62. The summed E-state index contributed by atoms with van der Waals surface area (Å²) >= 11 is 0. The topological polar surface area (TPSA) is 105 Å². The molecule has 0 aliphatic heterocycles. The van der Waals surface area contributed by atoms with Crippen molar-refractivity contribution in [2.75, 3.05) is 11.9 Å². The van der Waals surface area contributed by atoms with Crippen LogP contribution in [0.2, 0.25) is 0 Å². The van der Waals surface area contributed by atoms with Gasteiger partial charge in [-0.25, -0.2) is 9.78 Å². The molecular weight excluding hydrogens is 234 g/mol. The highest BCUT2D eigenvalue weighted by molar-refractivity contribution is 6.02. The third kappa shape index (κ3) is 2.37. The third-order valence-corrected chi connectivity index (χ3v) is 2.41. The number of carboxylic acids is 1. The molecule has 0 saturated carbocycles. The van der Waals surface area contributed by atoms with Crippen molar-refractivity contribution >= 4 is 28.6 Å². The molecule has 6 heteroatoms. The standard InChI is InChI=1S/C12H11N3O3/c13-10(16)6-14-11-5-4-7-8(12(17)18)2-1-3-9(7)15-11/h1-5H,6H2,(H2,13,16)(H,14,15)(H,17,18). The van der Waals surface area contributed by atoms with Crippen LogP contribution in [-0.2, 0) is 4.79 Å². The molecule has 0 aliphatic rings. The van der Waals surface area contributed by atoms with Gasteiger partial charge in [-0.05, 0) is 24.3 Å². The Labute approximate surface area is 102 Å². The van der Waals surface area contributed by atoms with E-state index in [2.05, 4.69) is 10.3 Å². The Balaban J connectivity index is 2.41. The number of carbonyl (C=O) groups is 2. The number of fused-ring (bicyclic) bond motifs is 1. The molecule has 4 N–H and O–H groups in total. The number of aromatic carboxylic acids is 1. The van der Waals surface area contributed by atoms with Gasteiger partial charge in [-0.3, -0.25) is 4.79 Å². The van der Waals surface area contributed by atoms with Gasteiger partial charge in [0.05, 0.1) is 17.6 Å². The third-order valence-electron chi connectivity index (χ3n) is 2.41. The summed E-state index contributed by atoms with van der Waals surface area (Å²) in [6.07, 6.45) is 0. The van der Waals surface area contributed by atoms with E-state index in [0.717, 1.165) is 0 Å². The van der Waals surface area contributed by atoms with Crippen molar-refractivity contribution < 1.29 is 14.7 Å². The van der Waals surface area contributed by atoms with Crippen molar-refractivity contribution in [2.45, 2.75) is 0 Å². The molecule has 0 atom stereocenters. The van der Waals surface area contributed by atoms with Gasteiger partial charge in [-0.2, -0.15) is 0 Å². The number of nitrogens with zero attached hydrogens (tertiary/aromatic N) is 1. The first-order valence-corrected chi connectivity index (χ1v) is 5.23. The second-order valence-electron chi connectivity index (χ2n) is 3.69. The summed E-state index contributed by atoms with van der Waals surface area (Å²) in [5.41, 5.74) is 5.75. The molecule has 0 fully saturated rings. The minimum absolute atomic E-state index is 0.0167. The molecule has 1 aromatic carbocycles. The van der Waals surface area contributed by atoms with E-state index in [1.807, 2.05) is 0 Å². The molecule has 2 rings (SSSR count). The van der Waals surface area contributed by atoms with Crippen molar-refractivity contribution in [1.29, 1.82) is 0 Å². The van der Waals surface area contributed by atoms with E-state index < -0.39 is 11.9 Å². The van der Waals surface area contributed by atoms with Gasteiger partial charge >= 0.3 is 5.97 Å². The monoisotopic (exact) mass is 245 g/mol. The van der Waals surface area contributed by atoms with Gasteiger partial charge in [0.2, 0.25) is 5.91 Å². The van der Waals surface area contributed by atoms with Crippen LogP contribution >= 0.6 is 0 Å². The molecule has 18 heavy (non-hydrogen) atoms. The van der Waals surface area contributed by atoms with Gasteiger partial charge in [-0.15, -0.1) is 0 Å². The Hall–Kier alpha value is -2.63. The number of amides is 1. The number of carbonyl (C=O) groups excluding carboxylic acids is 1. The Morgan fingerprint density at radius 1 is 1.28 bits per heavy atom. The Bertz CT molecular complexity index is 625. The second-order valence-corrected chi connectivity index (χ2v) is 3.69. The molecule has 0 aliphatic carbocycles. The SMILES string of the molecule is NC(=O)CNc1ccc2c(C(=O)O)cccc2n1. The lowest BCUT2D eigenvalue weighted by atomic mass is 10.1. The molecular formula is C12H11N3O3. The largest absolute Gasteiger partial charge is 0.478 e. The summed E-state index contributed by atoms with van der Waals surface area (Å²) < 4.78 is 0. The minimum atomic E-state index is -1.000. The maximum absolute atomic E-state index is 11.0. The number of pyridine rings is 1. The van der Waals surface area contributed by atoms with E-state index in [0.29, 0.717) is 16.7 Å². The highest BCUT2D eigenvalue weighted by Gasteiger charge is 2.09. The lowest BCUT2D eigenvalue weighted by Gasteiger charge is -2.06. The molecule has 0 saturated heterocycles. The molecule has 1 aromatic heterocycles. The van der Waals surface area contributed by atoms with Crippen LogP contribution in [0, 0.1) is 0 Å². The number of primary amides is 1. The number of benzene rings is 1. The van der Waals surface area contributed by atoms with Gasteiger partial charge in [0.25, 0.3) is 0 Å².